The maximum Gasteiger partial charge on any atom is 0.324 e. The van der Waals surface area contributed by atoms with Crippen LogP contribution in [0.2, 0.25) is 0 Å². The predicted octanol–water partition coefficient (Wildman–Crippen LogP) is 2.32. The topological polar surface area (TPSA) is 89.3 Å². The van der Waals surface area contributed by atoms with Gasteiger partial charge in [0.25, 0.3) is 0 Å². The third-order valence-electron chi connectivity index (χ3n) is 2.67. The molecule has 0 atom stereocenters. The summed E-state index contributed by atoms with van der Waals surface area (Å²) in [5, 5.41) is 12.7. The Kier molecular flexibility index (Phi) is 4.66. The van der Waals surface area contributed by atoms with Gasteiger partial charge in [-0.3, -0.25) is 10.1 Å². The molecular weight excluding hydrogens is 319 g/mol. The van der Waals surface area contributed by atoms with E-state index < -0.39 is 31.3 Å². The van der Waals surface area contributed by atoms with E-state index in [2.05, 4.69) is 4.72 Å². The Bertz CT molecular complexity index is 745. The first-order valence-electron chi connectivity index (χ1n) is 5.87. The van der Waals surface area contributed by atoms with E-state index in [1.165, 1.54) is 11.3 Å². The standard InChI is InChI=1S/C12H11FN2O4S2/c13-10-4-1-5-11(12(10)15(16)17)21(18,19)14-7-6-9-3-2-8-20-9/h1-5,8,14H,6-7H2. The molecule has 0 radical (unpaired) electrons. The molecule has 0 bridgehead atoms. The summed E-state index contributed by atoms with van der Waals surface area (Å²) >= 11 is 1.48. The summed E-state index contributed by atoms with van der Waals surface area (Å²) in [6.45, 7) is 0.0799. The molecule has 1 N–H and O–H groups in total. The number of nitro groups is 1. The van der Waals surface area contributed by atoms with Crippen molar-refractivity contribution in [3.8, 4) is 0 Å². The van der Waals surface area contributed by atoms with Gasteiger partial charge in [-0.2, -0.15) is 4.39 Å². The van der Waals surface area contributed by atoms with Gasteiger partial charge in [0, 0.05) is 11.4 Å². The first-order valence-corrected chi connectivity index (χ1v) is 8.23. The Labute approximate surface area is 124 Å². The Morgan fingerprint density at radius 3 is 2.67 bits per heavy atom. The van der Waals surface area contributed by atoms with Gasteiger partial charge in [-0.05, 0) is 30.0 Å². The molecule has 2 rings (SSSR count). The Morgan fingerprint density at radius 2 is 2.05 bits per heavy atom. The predicted molar refractivity (Wildman–Crippen MR) is 76.3 cm³/mol. The van der Waals surface area contributed by atoms with Crippen molar-refractivity contribution in [2.45, 2.75) is 11.3 Å². The molecule has 0 aliphatic carbocycles. The van der Waals surface area contributed by atoms with Gasteiger partial charge in [-0.15, -0.1) is 11.3 Å². The third-order valence-corrected chi connectivity index (χ3v) is 5.09. The van der Waals surface area contributed by atoms with Crippen molar-refractivity contribution in [1.29, 1.82) is 0 Å². The normalized spacial score (nSPS) is 11.5. The molecule has 0 saturated heterocycles. The number of nitrogens with one attached hydrogen (secondary N) is 1. The largest absolute Gasteiger partial charge is 0.324 e. The van der Waals surface area contributed by atoms with Gasteiger partial charge in [0.05, 0.1) is 4.92 Å². The molecule has 1 aromatic heterocycles. The van der Waals surface area contributed by atoms with Crippen LogP contribution < -0.4 is 4.72 Å². The number of nitro benzene ring substituents is 1. The fourth-order valence-corrected chi connectivity index (χ4v) is 3.65. The van der Waals surface area contributed by atoms with Crippen LogP contribution in [-0.2, 0) is 16.4 Å². The van der Waals surface area contributed by atoms with E-state index in [0.29, 0.717) is 6.42 Å². The summed E-state index contributed by atoms with van der Waals surface area (Å²) in [5.74, 6) is -1.18. The average Bonchev–Trinajstić information content (AvgIpc) is 2.91. The second-order valence-corrected chi connectivity index (χ2v) is 6.84. The molecule has 0 spiro atoms. The summed E-state index contributed by atoms with van der Waals surface area (Å²) in [6, 6.07) is 6.67. The summed E-state index contributed by atoms with van der Waals surface area (Å²) in [4.78, 5) is 10.1. The second kappa shape index (κ2) is 6.29. The van der Waals surface area contributed by atoms with E-state index >= 15 is 0 Å². The number of para-hydroxylation sites is 1. The Hall–Kier alpha value is -1.84. The molecular formula is C12H11FN2O4S2. The fourth-order valence-electron chi connectivity index (χ4n) is 1.73. The number of halogens is 1. The molecule has 0 aliphatic rings. The number of benzene rings is 1. The van der Waals surface area contributed by atoms with Gasteiger partial charge in [0.2, 0.25) is 15.8 Å². The van der Waals surface area contributed by atoms with Crippen LogP contribution in [0, 0.1) is 15.9 Å². The Balaban J connectivity index is 2.20. The molecule has 6 nitrogen and oxygen atoms in total. The molecule has 9 heteroatoms. The van der Waals surface area contributed by atoms with Crippen LogP contribution in [0.3, 0.4) is 0 Å². The molecule has 0 fully saturated rings. The monoisotopic (exact) mass is 330 g/mol. The Morgan fingerprint density at radius 1 is 1.29 bits per heavy atom. The van der Waals surface area contributed by atoms with Crippen LogP contribution in [0.1, 0.15) is 4.88 Å². The summed E-state index contributed by atoms with van der Waals surface area (Å²) < 4.78 is 39.8. The van der Waals surface area contributed by atoms with Crippen LogP contribution in [0.15, 0.2) is 40.6 Å². The number of hydrogen-bond acceptors (Lipinski definition) is 5. The van der Waals surface area contributed by atoms with Crippen LogP contribution in [0.5, 0.6) is 0 Å². The van der Waals surface area contributed by atoms with Crippen LogP contribution >= 0.6 is 11.3 Å². The molecule has 1 aromatic carbocycles. The lowest BCUT2D eigenvalue weighted by Crippen LogP contribution is -2.26. The summed E-state index contributed by atoms with van der Waals surface area (Å²) in [7, 11) is -4.14. The van der Waals surface area contributed by atoms with Gasteiger partial charge < -0.3 is 0 Å². The fraction of sp³-hybridized carbons (Fsp3) is 0.167. The highest BCUT2D eigenvalue weighted by Gasteiger charge is 2.28. The van der Waals surface area contributed by atoms with Crippen molar-refractivity contribution in [2.75, 3.05) is 6.54 Å². The first-order chi connectivity index (χ1) is 9.92. The molecule has 0 unspecified atom stereocenters. The van der Waals surface area contributed by atoms with Crippen molar-refractivity contribution < 1.29 is 17.7 Å². The lowest BCUT2D eigenvalue weighted by Gasteiger charge is -2.07. The van der Waals surface area contributed by atoms with E-state index in [1.807, 2.05) is 17.5 Å². The van der Waals surface area contributed by atoms with Crippen LogP contribution in [0.4, 0.5) is 10.1 Å². The van der Waals surface area contributed by atoms with Gasteiger partial charge >= 0.3 is 5.69 Å². The summed E-state index contributed by atoms with van der Waals surface area (Å²) in [6.07, 6.45) is 0.458. The van der Waals surface area contributed by atoms with Gasteiger partial charge in [0.1, 0.15) is 0 Å². The lowest BCUT2D eigenvalue weighted by molar-refractivity contribution is -0.390. The van der Waals surface area contributed by atoms with Crippen molar-refractivity contribution >= 4 is 27.0 Å². The zero-order chi connectivity index (χ0) is 15.5. The molecule has 1 heterocycles. The highest BCUT2D eigenvalue weighted by atomic mass is 32.2. The SMILES string of the molecule is O=[N+]([O-])c1c(F)cccc1S(=O)(=O)NCCc1cccs1. The van der Waals surface area contributed by atoms with E-state index in [-0.39, 0.29) is 6.54 Å². The zero-order valence-electron chi connectivity index (χ0n) is 10.7. The number of nitrogens with zero attached hydrogens (tertiary/aromatic N) is 1. The number of rotatable bonds is 6. The van der Waals surface area contributed by atoms with Crippen molar-refractivity contribution in [1.82, 2.24) is 4.72 Å². The smallest absolute Gasteiger partial charge is 0.258 e. The highest BCUT2D eigenvalue weighted by molar-refractivity contribution is 7.89. The first kappa shape index (κ1) is 15.5. The molecule has 2 aromatic rings. The van der Waals surface area contributed by atoms with Gasteiger partial charge in [-0.25, -0.2) is 13.1 Å². The molecule has 0 aliphatic heterocycles. The maximum absolute atomic E-state index is 13.4. The zero-order valence-corrected chi connectivity index (χ0v) is 12.3. The summed E-state index contributed by atoms with van der Waals surface area (Å²) in [5.41, 5.74) is -1.04. The molecule has 112 valence electrons. The van der Waals surface area contributed by atoms with E-state index in [9.17, 15) is 22.9 Å². The van der Waals surface area contributed by atoms with Crippen LogP contribution in [0.25, 0.3) is 0 Å². The number of sulfonamides is 1. The van der Waals surface area contributed by atoms with E-state index in [0.717, 1.165) is 23.1 Å². The van der Waals surface area contributed by atoms with Crippen molar-refractivity contribution in [3.63, 3.8) is 0 Å². The minimum atomic E-state index is -4.14. The molecule has 0 saturated carbocycles. The van der Waals surface area contributed by atoms with E-state index in [4.69, 9.17) is 0 Å². The van der Waals surface area contributed by atoms with E-state index in [1.54, 1.807) is 0 Å². The minimum absolute atomic E-state index is 0.0799. The number of thiophene rings is 1. The van der Waals surface area contributed by atoms with Crippen molar-refractivity contribution in [3.05, 3.63) is 56.5 Å². The van der Waals surface area contributed by atoms with Gasteiger partial charge in [-0.1, -0.05) is 12.1 Å². The average molecular weight is 330 g/mol. The van der Waals surface area contributed by atoms with Crippen LogP contribution in [-0.4, -0.2) is 19.9 Å². The second-order valence-electron chi connectivity index (χ2n) is 4.07. The lowest BCUT2D eigenvalue weighted by atomic mass is 10.3. The maximum atomic E-state index is 13.4. The highest BCUT2D eigenvalue weighted by Crippen LogP contribution is 2.26. The molecule has 21 heavy (non-hydrogen) atoms. The third kappa shape index (κ3) is 3.63. The quantitative estimate of drug-likeness (QED) is 0.650. The van der Waals surface area contributed by atoms with Gasteiger partial charge in [0.15, 0.2) is 4.90 Å². The molecule has 0 amide bonds. The minimum Gasteiger partial charge on any atom is -0.258 e. The van der Waals surface area contributed by atoms with Crippen molar-refractivity contribution in [2.24, 2.45) is 0 Å². The number of hydrogen-bond donors (Lipinski definition) is 1.